The Morgan fingerprint density at radius 1 is 0.875 bits per heavy atom. The zero-order valence-corrected chi connectivity index (χ0v) is 18.1. The largest absolute Gasteiger partial charge is 0.493 e. The van der Waals surface area contributed by atoms with Gasteiger partial charge in [-0.05, 0) is 41.5 Å². The number of rotatable bonds is 9. The van der Waals surface area contributed by atoms with Gasteiger partial charge < -0.3 is 19.5 Å². The highest BCUT2D eigenvalue weighted by Gasteiger charge is 2.12. The van der Waals surface area contributed by atoms with Crippen LogP contribution >= 0.6 is 0 Å². The van der Waals surface area contributed by atoms with Gasteiger partial charge in [-0.25, -0.2) is 4.39 Å². The molecule has 0 bridgehead atoms. The number of carbonyl (C=O) groups excluding carboxylic acids is 1. The lowest BCUT2D eigenvalue weighted by molar-refractivity contribution is 0.104. The van der Waals surface area contributed by atoms with Gasteiger partial charge in [0, 0.05) is 23.5 Å². The van der Waals surface area contributed by atoms with Crippen molar-refractivity contribution < 1.29 is 23.4 Å². The molecule has 0 unspecified atom stereocenters. The lowest BCUT2D eigenvalue weighted by atomic mass is 10.1. The van der Waals surface area contributed by atoms with Gasteiger partial charge in [0.05, 0.1) is 21.3 Å². The molecule has 3 aromatic carbocycles. The molecular weight excluding hydrogens is 409 g/mol. The summed E-state index contributed by atoms with van der Waals surface area (Å²) in [7, 11) is 4.70. The van der Waals surface area contributed by atoms with Gasteiger partial charge in [0.1, 0.15) is 5.82 Å². The summed E-state index contributed by atoms with van der Waals surface area (Å²) in [4.78, 5) is 12.2. The third-order valence-corrected chi connectivity index (χ3v) is 4.69. The predicted octanol–water partition coefficient (Wildman–Crippen LogP) is 5.83. The first-order valence-electron chi connectivity index (χ1n) is 9.86. The van der Waals surface area contributed by atoms with Crippen LogP contribution in [0.5, 0.6) is 17.2 Å². The number of allylic oxidation sites excluding steroid dienone is 1. The van der Waals surface area contributed by atoms with Gasteiger partial charge >= 0.3 is 0 Å². The summed E-state index contributed by atoms with van der Waals surface area (Å²) in [6, 6.07) is 16.9. The van der Waals surface area contributed by atoms with Crippen molar-refractivity contribution in [2.24, 2.45) is 0 Å². The number of hydrogen-bond donors (Lipinski definition) is 1. The number of nitrogens with one attached hydrogen (secondary N) is 1. The number of methoxy groups -OCH3 is 3. The quantitative estimate of drug-likeness (QED) is 0.261. The highest BCUT2D eigenvalue weighted by atomic mass is 19.1. The molecule has 0 aliphatic carbocycles. The number of ketones is 1. The van der Waals surface area contributed by atoms with Crippen molar-refractivity contribution in [3.8, 4) is 17.2 Å². The molecule has 0 spiro atoms. The molecule has 0 atom stereocenters. The molecule has 0 amide bonds. The van der Waals surface area contributed by atoms with Crippen molar-refractivity contribution in [3.05, 3.63) is 95.4 Å². The molecule has 32 heavy (non-hydrogen) atoms. The molecule has 3 rings (SSSR count). The molecule has 6 heteroatoms. The second kappa shape index (κ2) is 10.8. The molecule has 0 aliphatic heterocycles. The molecule has 0 aliphatic rings. The highest BCUT2D eigenvalue weighted by molar-refractivity contribution is 6.04. The molecule has 164 valence electrons. The van der Waals surface area contributed by atoms with Crippen LogP contribution in [0, 0.1) is 5.82 Å². The fourth-order valence-electron chi connectivity index (χ4n) is 3.10. The second-order valence-corrected chi connectivity index (χ2v) is 6.73. The van der Waals surface area contributed by atoms with E-state index >= 15 is 0 Å². The van der Waals surface area contributed by atoms with Crippen molar-refractivity contribution >= 4 is 23.6 Å². The average Bonchev–Trinajstić information content (AvgIpc) is 2.82. The minimum atomic E-state index is -0.445. The zero-order chi connectivity index (χ0) is 22.9. The number of anilines is 1. The van der Waals surface area contributed by atoms with Crippen LogP contribution in [0.1, 0.15) is 21.5 Å². The summed E-state index contributed by atoms with van der Waals surface area (Å²) < 4.78 is 29.5. The maximum absolute atomic E-state index is 13.3. The van der Waals surface area contributed by atoms with Crippen LogP contribution in [0.3, 0.4) is 0 Å². The van der Waals surface area contributed by atoms with Crippen molar-refractivity contribution in [3.63, 3.8) is 0 Å². The van der Waals surface area contributed by atoms with Gasteiger partial charge in [-0.2, -0.15) is 0 Å². The fraction of sp³-hybridized carbons (Fsp3) is 0.115. The second-order valence-electron chi connectivity index (χ2n) is 6.73. The van der Waals surface area contributed by atoms with Gasteiger partial charge in [-0.15, -0.1) is 0 Å². The molecule has 5 nitrogen and oxygen atoms in total. The van der Waals surface area contributed by atoms with E-state index in [1.807, 2.05) is 48.6 Å². The fourth-order valence-corrected chi connectivity index (χ4v) is 3.10. The van der Waals surface area contributed by atoms with E-state index in [0.717, 1.165) is 16.8 Å². The summed E-state index contributed by atoms with van der Waals surface area (Å²) in [5, 5.41) is 3.11. The number of halogens is 1. The van der Waals surface area contributed by atoms with E-state index in [1.54, 1.807) is 33.6 Å². The molecule has 0 fully saturated rings. The SMILES string of the molecule is COc1cc(/C=C\c2ccccc2N/C=C\C(=O)c2cccc(F)c2)cc(OC)c1OC. The Morgan fingerprint density at radius 3 is 2.25 bits per heavy atom. The third-order valence-electron chi connectivity index (χ3n) is 4.69. The van der Waals surface area contributed by atoms with E-state index < -0.39 is 5.82 Å². The molecule has 3 aromatic rings. The zero-order valence-electron chi connectivity index (χ0n) is 18.1. The lowest BCUT2D eigenvalue weighted by Crippen LogP contribution is -1.97. The van der Waals surface area contributed by atoms with Crippen LogP contribution in [0.4, 0.5) is 10.1 Å². The molecule has 0 aromatic heterocycles. The minimum absolute atomic E-state index is 0.289. The average molecular weight is 433 g/mol. The normalized spacial score (nSPS) is 11.0. The van der Waals surface area contributed by atoms with Gasteiger partial charge in [0.15, 0.2) is 17.3 Å². The summed E-state index contributed by atoms with van der Waals surface area (Å²) in [5.74, 6) is 0.928. The predicted molar refractivity (Wildman–Crippen MR) is 125 cm³/mol. The maximum atomic E-state index is 13.3. The van der Waals surface area contributed by atoms with E-state index in [4.69, 9.17) is 14.2 Å². The number of para-hydroxylation sites is 1. The Kier molecular flexibility index (Phi) is 7.65. The Labute approximate surface area is 186 Å². The van der Waals surface area contributed by atoms with Gasteiger partial charge in [-0.1, -0.05) is 42.5 Å². The van der Waals surface area contributed by atoms with E-state index in [0.29, 0.717) is 22.8 Å². The van der Waals surface area contributed by atoms with E-state index in [1.165, 1.54) is 24.3 Å². The monoisotopic (exact) mass is 433 g/mol. The van der Waals surface area contributed by atoms with Crippen LogP contribution in [-0.4, -0.2) is 27.1 Å². The van der Waals surface area contributed by atoms with E-state index in [9.17, 15) is 9.18 Å². The summed E-state index contributed by atoms with van der Waals surface area (Å²) in [6.45, 7) is 0. The molecule has 0 radical (unpaired) electrons. The maximum Gasteiger partial charge on any atom is 0.203 e. The third kappa shape index (κ3) is 5.55. The van der Waals surface area contributed by atoms with Crippen LogP contribution < -0.4 is 19.5 Å². The number of carbonyl (C=O) groups is 1. The van der Waals surface area contributed by atoms with Gasteiger partial charge in [0.25, 0.3) is 0 Å². The van der Waals surface area contributed by atoms with Crippen LogP contribution in [0.2, 0.25) is 0 Å². The highest BCUT2D eigenvalue weighted by Crippen LogP contribution is 2.38. The molecule has 0 saturated carbocycles. The summed E-state index contributed by atoms with van der Waals surface area (Å²) >= 11 is 0. The molecule has 0 heterocycles. The first-order valence-corrected chi connectivity index (χ1v) is 9.86. The first-order chi connectivity index (χ1) is 15.5. The Hall–Kier alpha value is -4.06. The molecule has 0 saturated heterocycles. The van der Waals surface area contributed by atoms with E-state index in [2.05, 4.69) is 5.32 Å². The Balaban J connectivity index is 1.78. The van der Waals surface area contributed by atoms with Crippen molar-refractivity contribution in [2.45, 2.75) is 0 Å². The van der Waals surface area contributed by atoms with Crippen LogP contribution in [0.25, 0.3) is 12.2 Å². The summed E-state index contributed by atoms with van der Waals surface area (Å²) in [5.41, 5.74) is 2.87. The van der Waals surface area contributed by atoms with Gasteiger partial charge in [-0.3, -0.25) is 4.79 Å². The summed E-state index contributed by atoms with van der Waals surface area (Å²) in [6.07, 6.45) is 6.77. The van der Waals surface area contributed by atoms with Crippen molar-refractivity contribution in [1.82, 2.24) is 0 Å². The van der Waals surface area contributed by atoms with Gasteiger partial charge in [0.2, 0.25) is 5.75 Å². The standard InChI is InChI=1S/C26H24FNO4/c1-30-24-15-18(16-25(31-2)26(24)32-3)11-12-19-7-4-5-10-22(19)28-14-13-23(29)20-8-6-9-21(27)17-20/h4-17,28H,1-3H3/b12-11-,14-13-. The van der Waals surface area contributed by atoms with Crippen molar-refractivity contribution in [2.75, 3.05) is 26.6 Å². The minimum Gasteiger partial charge on any atom is -0.493 e. The van der Waals surface area contributed by atoms with Crippen LogP contribution in [0.15, 0.2) is 72.9 Å². The number of ether oxygens (including phenoxy) is 3. The first kappa shape index (κ1) is 22.6. The van der Waals surface area contributed by atoms with E-state index in [-0.39, 0.29) is 5.78 Å². The number of hydrogen-bond acceptors (Lipinski definition) is 5. The smallest absolute Gasteiger partial charge is 0.203 e. The number of benzene rings is 3. The molecule has 1 N–H and O–H groups in total. The Bertz CT molecular complexity index is 1130. The topological polar surface area (TPSA) is 56.8 Å². The Morgan fingerprint density at radius 2 is 1.59 bits per heavy atom. The van der Waals surface area contributed by atoms with Crippen LogP contribution in [-0.2, 0) is 0 Å². The van der Waals surface area contributed by atoms with Crippen molar-refractivity contribution in [1.29, 1.82) is 0 Å². The lowest BCUT2D eigenvalue weighted by Gasteiger charge is -2.13. The molecular formula is C26H24FNO4.